The third-order valence-electron chi connectivity index (χ3n) is 2.93. The fourth-order valence-electron chi connectivity index (χ4n) is 2.02. The Hall–Kier alpha value is -2.61. The molecule has 0 saturated carbocycles. The van der Waals surface area contributed by atoms with Crippen molar-refractivity contribution in [3.8, 4) is 11.3 Å². The highest BCUT2D eigenvalue weighted by Gasteiger charge is 2.19. The van der Waals surface area contributed by atoms with Crippen LogP contribution in [-0.2, 0) is 0 Å². The Kier molecular flexibility index (Phi) is 2.79. The van der Waals surface area contributed by atoms with Gasteiger partial charge in [-0.1, -0.05) is 12.1 Å². The monoisotopic (exact) mass is 288 g/mol. The molecule has 0 radical (unpaired) electrons. The van der Waals surface area contributed by atoms with Gasteiger partial charge in [-0.05, 0) is 12.1 Å². The molecule has 0 saturated heterocycles. The van der Waals surface area contributed by atoms with Gasteiger partial charge in [0.15, 0.2) is 4.96 Å². The smallest absolute Gasteiger partial charge is 0.269 e. The molecular formula is C12H8N4O3S. The average molecular weight is 288 g/mol. The second-order valence-corrected chi connectivity index (χ2v) is 5.01. The standard InChI is InChI=1S/C12H8N4O3S/c1-7-6-20-12-13-10(11(14-17)15(7)12)8-3-2-4-9(5-8)16(18)19/h2-6H,1H3. The Balaban J connectivity index is 2.26. The van der Waals surface area contributed by atoms with Crippen LogP contribution in [-0.4, -0.2) is 14.3 Å². The molecule has 8 heteroatoms. The molecule has 0 atom stereocenters. The lowest BCUT2D eigenvalue weighted by molar-refractivity contribution is -0.384. The first kappa shape index (κ1) is 12.4. The lowest BCUT2D eigenvalue weighted by atomic mass is 10.1. The number of hydrogen-bond donors (Lipinski definition) is 0. The van der Waals surface area contributed by atoms with Crippen LogP contribution >= 0.6 is 11.3 Å². The van der Waals surface area contributed by atoms with Crippen LogP contribution < -0.4 is 0 Å². The van der Waals surface area contributed by atoms with Crippen LogP contribution in [0.15, 0.2) is 34.8 Å². The van der Waals surface area contributed by atoms with Gasteiger partial charge in [-0.2, -0.15) is 0 Å². The summed E-state index contributed by atoms with van der Waals surface area (Å²) in [7, 11) is 0. The number of aromatic nitrogens is 2. The van der Waals surface area contributed by atoms with E-state index < -0.39 is 4.92 Å². The number of fused-ring (bicyclic) bond motifs is 1. The van der Waals surface area contributed by atoms with Crippen molar-refractivity contribution in [1.82, 2.24) is 9.38 Å². The number of imidazole rings is 1. The number of nitro benzene ring substituents is 1. The Morgan fingerprint density at radius 3 is 2.95 bits per heavy atom. The van der Waals surface area contributed by atoms with E-state index in [-0.39, 0.29) is 11.5 Å². The molecule has 0 aliphatic carbocycles. The topological polar surface area (TPSA) is 89.9 Å². The molecule has 0 fully saturated rings. The molecule has 2 heterocycles. The zero-order valence-corrected chi connectivity index (χ0v) is 11.1. The number of hydrogen-bond acceptors (Lipinski definition) is 6. The van der Waals surface area contributed by atoms with Crippen molar-refractivity contribution in [2.24, 2.45) is 5.18 Å². The van der Waals surface area contributed by atoms with E-state index in [1.807, 2.05) is 12.3 Å². The molecule has 3 aromatic rings. The van der Waals surface area contributed by atoms with E-state index in [9.17, 15) is 15.0 Å². The summed E-state index contributed by atoms with van der Waals surface area (Å²) in [6.45, 7) is 1.84. The number of rotatable bonds is 3. The van der Waals surface area contributed by atoms with Gasteiger partial charge in [-0.3, -0.25) is 14.5 Å². The van der Waals surface area contributed by atoms with Crippen LogP contribution in [0.4, 0.5) is 11.5 Å². The number of thiazole rings is 1. The minimum atomic E-state index is -0.485. The predicted octanol–water partition coefficient (Wildman–Crippen LogP) is 3.68. The molecule has 2 aromatic heterocycles. The molecule has 0 spiro atoms. The first-order valence-corrected chi connectivity index (χ1v) is 6.54. The van der Waals surface area contributed by atoms with Crippen molar-refractivity contribution < 1.29 is 4.92 Å². The summed E-state index contributed by atoms with van der Waals surface area (Å²) >= 11 is 1.39. The number of nitroso groups, excluding NO2 is 1. The molecule has 3 rings (SSSR count). The van der Waals surface area contributed by atoms with E-state index in [1.165, 1.54) is 23.5 Å². The molecule has 0 N–H and O–H groups in total. The summed E-state index contributed by atoms with van der Waals surface area (Å²) in [5.74, 6) is 0.166. The molecule has 100 valence electrons. The molecule has 0 aliphatic heterocycles. The zero-order chi connectivity index (χ0) is 14.3. The maximum Gasteiger partial charge on any atom is 0.270 e. The third-order valence-corrected chi connectivity index (χ3v) is 3.87. The number of benzene rings is 1. The highest BCUT2D eigenvalue weighted by Crippen LogP contribution is 2.35. The van der Waals surface area contributed by atoms with Gasteiger partial charge in [0.25, 0.3) is 5.69 Å². The summed E-state index contributed by atoms with van der Waals surface area (Å²) in [6, 6.07) is 6.00. The highest BCUT2D eigenvalue weighted by atomic mass is 32.1. The summed E-state index contributed by atoms with van der Waals surface area (Å²) in [4.78, 5) is 26.4. The van der Waals surface area contributed by atoms with E-state index in [1.54, 1.807) is 16.5 Å². The van der Waals surface area contributed by atoms with E-state index in [2.05, 4.69) is 10.2 Å². The predicted molar refractivity (Wildman–Crippen MR) is 75.4 cm³/mol. The van der Waals surface area contributed by atoms with Crippen LogP contribution in [0.1, 0.15) is 5.69 Å². The normalized spacial score (nSPS) is 10.8. The molecular weight excluding hydrogens is 280 g/mol. The van der Waals surface area contributed by atoms with Crippen LogP contribution in [0, 0.1) is 21.9 Å². The van der Waals surface area contributed by atoms with Gasteiger partial charge in [0.1, 0.15) is 5.69 Å². The number of nitro groups is 1. The van der Waals surface area contributed by atoms with Gasteiger partial charge < -0.3 is 0 Å². The van der Waals surface area contributed by atoms with E-state index >= 15 is 0 Å². The minimum Gasteiger partial charge on any atom is -0.269 e. The maximum atomic E-state index is 11.1. The summed E-state index contributed by atoms with van der Waals surface area (Å²) < 4.78 is 1.64. The molecule has 0 aliphatic rings. The minimum absolute atomic E-state index is 0.0487. The Bertz CT molecular complexity index is 836. The number of aryl methyl sites for hydroxylation is 1. The molecule has 0 amide bonds. The molecule has 0 unspecified atom stereocenters. The fourth-order valence-corrected chi connectivity index (χ4v) is 2.89. The first-order chi connectivity index (χ1) is 9.61. The highest BCUT2D eigenvalue weighted by molar-refractivity contribution is 7.15. The van der Waals surface area contributed by atoms with Crippen LogP contribution in [0.2, 0.25) is 0 Å². The zero-order valence-electron chi connectivity index (χ0n) is 10.3. The van der Waals surface area contributed by atoms with E-state index in [0.29, 0.717) is 16.2 Å². The SMILES string of the molecule is Cc1csc2nc(-c3cccc([N+](=O)[O-])c3)c(N=O)n12. The number of non-ortho nitro benzene ring substituents is 1. The lowest BCUT2D eigenvalue weighted by Gasteiger charge is -1.98. The van der Waals surface area contributed by atoms with Crippen molar-refractivity contribution in [3.63, 3.8) is 0 Å². The van der Waals surface area contributed by atoms with Crippen molar-refractivity contribution >= 4 is 27.8 Å². The quantitative estimate of drug-likeness (QED) is 0.417. The van der Waals surface area contributed by atoms with E-state index in [4.69, 9.17) is 0 Å². The second-order valence-electron chi connectivity index (χ2n) is 4.18. The molecule has 7 nitrogen and oxygen atoms in total. The second kappa shape index (κ2) is 4.49. The lowest BCUT2D eigenvalue weighted by Crippen LogP contribution is -1.88. The summed E-state index contributed by atoms with van der Waals surface area (Å²) in [5.41, 5.74) is 1.67. The maximum absolute atomic E-state index is 11.1. The van der Waals surface area contributed by atoms with Gasteiger partial charge in [-0.25, -0.2) is 4.98 Å². The summed E-state index contributed by atoms with van der Waals surface area (Å²) in [6.07, 6.45) is 0. The van der Waals surface area contributed by atoms with Crippen molar-refractivity contribution in [3.05, 3.63) is 50.4 Å². The van der Waals surface area contributed by atoms with Crippen LogP contribution in [0.25, 0.3) is 16.2 Å². The largest absolute Gasteiger partial charge is 0.270 e. The molecule has 0 bridgehead atoms. The van der Waals surface area contributed by atoms with E-state index in [0.717, 1.165) is 5.69 Å². The first-order valence-electron chi connectivity index (χ1n) is 5.66. The Morgan fingerprint density at radius 2 is 2.25 bits per heavy atom. The third kappa shape index (κ3) is 1.77. The fraction of sp³-hybridized carbons (Fsp3) is 0.0833. The Labute approximate surface area is 116 Å². The average Bonchev–Trinajstić information content (AvgIpc) is 2.99. The number of nitrogens with zero attached hydrogens (tertiary/aromatic N) is 4. The van der Waals surface area contributed by atoms with Gasteiger partial charge in [-0.15, -0.1) is 16.2 Å². The van der Waals surface area contributed by atoms with Crippen LogP contribution in [0.5, 0.6) is 0 Å². The molecule has 1 aromatic carbocycles. The van der Waals surface area contributed by atoms with Gasteiger partial charge in [0.2, 0.25) is 5.82 Å². The van der Waals surface area contributed by atoms with Crippen molar-refractivity contribution in [1.29, 1.82) is 0 Å². The summed E-state index contributed by atoms with van der Waals surface area (Å²) in [5, 5.41) is 15.7. The van der Waals surface area contributed by atoms with Crippen molar-refractivity contribution in [2.75, 3.05) is 0 Å². The van der Waals surface area contributed by atoms with Gasteiger partial charge in [0, 0.05) is 28.8 Å². The van der Waals surface area contributed by atoms with Crippen LogP contribution in [0.3, 0.4) is 0 Å². The van der Waals surface area contributed by atoms with Crippen molar-refractivity contribution in [2.45, 2.75) is 6.92 Å². The van der Waals surface area contributed by atoms with Gasteiger partial charge >= 0.3 is 0 Å². The molecule has 20 heavy (non-hydrogen) atoms. The van der Waals surface area contributed by atoms with Gasteiger partial charge in [0.05, 0.1) is 4.92 Å². The Morgan fingerprint density at radius 1 is 1.45 bits per heavy atom.